The van der Waals surface area contributed by atoms with Gasteiger partial charge >= 0.3 is 5.69 Å². The Labute approximate surface area is 226 Å². The number of anilines is 1. The molecule has 0 saturated carbocycles. The summed E-state index contributed by atoms with van der Waals surface area (Å²) in [4.78, 5) is 30.1. The number of aromatic nitrogens is 3. The van der Waals surface area contributed by atoms with Crippen LogP contribution in [0, 0.1) is 0 Å². The van der Waals surface area contributed by atoms with Crippen LogP contribution in [0.5, 0.6) is 0 Å². The Kier molecular flexibility index (Phi) is 7.62. The monoisotopic (exact) mass is 531 g/mol. The number of halogens is 1. The summed E-state index contributed by atoms with van der Waals surface area (Å²) in [6, 6.07) is 23.5. The van der Waals surface area contributed by atoms with Gasteiger partial charge in [-0.1, -0.05) is 48.9 Å². The van der Waals surface area contributed by atoms with E-state index in [9.17, 15) is 14.7 Å². The van der Waals surface area contributed by atoms with E-state index in [2.05, 4.69) is 10.00 Å². The fourth-order valence-electron chi connectivity index (χ4n) is 4.89. The van der Waals surface area contributed by atoms with E-state index in [0.717, 1.165) is 18.8 Å². The molecule has 9 heteroatoms. The van der Waals surface area contributed by atoms with E-state index in [1.165, 1.54) is 15.6 Å². The van der Waals surface area contributed by atoms with E-state index in [4.69, 9.17) is 11.6 Å². The second kappa shape index (κ2) is 11.2. The van der Waals surface area contributed by atoms with Crippen molar-refractivity contribution in [2.75, 3.05) is 31.1 Å². The van der Waals surface area contributed by atoms with Gasteiger partial charge in [-0.25, -0.2) is 14.0 Å². The molecule has 0 spiro atoms. The number of piperazine rings is 1. The topological polar surface area (TPSA) is 83.6 Å². The fourth-order valence-corrected chi connectivity index (χ4v) is 5.01. The van der Waals surface area contributed by atoms with Gasteiger partial charge in [0.2, 0.25) is 0 Å². The normalized spacial score (nSPS) is 15.3. The van der Waals surface area contributed by atoms with Crippen molar-refractivity contribution < 1.29 is 9.90 Å². The predicted molar refractivity (Wildman–Crippen MR) is 148 cm³/mol. The highest BCUT2D eigenvalue weighted by Gasteiger charge is 2.25. The minimum atomic E-state index is -0.895. The molecule has 1 aliphatic rings. The molecule has 38 heavy (non-hydrogen) atoms. The predicted octanol–water partition coefficient (Wildman–Crippen LogP) is 4.33. The molecule has 0 radical (unpaired) electrons. The molecule has 5 rings (SSSR count). The lowest BCUT2D eigenvalue weighted by Gasteiger charge is -2.36. The smallest absolute Gasteiger partial charge is 0.350 e. The molecule has 2 atom stereocenters. The highest BCUT2D eigenvalue weighted by Crippen LogP contribution is 2.28. The van der Waals surface area contributed by atoms with E-state index in [-0.39, 0.29) is 11.6 Å². The Balaban J connectivity index is 1.26. The Morgan fingerprint density at radius 3 is 2.18 bits per heavy atom. The number of hydrogen-bond donors (Lipinski definition) is 1. The van der Waals surface area contributed by atoms with Crippen molar-refractivity contribution in [3.63, 3.8) is 0 Å². The molecular weight excluding hydrogens is 502 g/mol. The Morgan fingerprint density at radius 2 is 1.55 bits per heavy atom. The number of carbonyl (C=O) groups excluding carboxylic acids is 1. The summed E-state index contributed by atoms with van der Waals surface area (Å²) >= 11 is 5.97. The van der Waals surface area contributed by atoms with E-state index in [1.807, 2.05) is 66.4 Å². The molecule has 1 aromatic heterocycles. The fraction of sp³-hybridized carbons (Fsp3) is 0.276. The first-order valence-electron chi connectivity index (χ1n) is 12.8. The molecule has 1 fully saturated rings. The van der Waals surface area contributed by atoms with Crippen molar-refractivity contribution in [1.82, 2.24) is 19.2 Å². The zero-order valence-electron chi connectivity index (χ0n) is 21.2. The zero-order chi connectivity index (χ0) is 26.6. The summed E-state index contributed by atoms with van der Waals surface area (Å²) in [7, 11) is 0. The number of amides is 1. The minimum Gasteiger partial charge on any atom is -0.386 e. The first-order chi connectivity index (χ1) is 18.5. The van der Waals surface area contributed by atoms with Gasteiger partial charge in [0.25, 0.3) is 5.91 Å². The maximum atomic E-state index is 13.2. The number of nitrogens with zero attached hydrogens (tertiary/aromatic N) is 5. The van der Waals surface area contributed by atoms with Crippen LogP contribution >= 0.6 is 11.6 Å². The van der Waals surface area contributed by atoms with E-state index in [1.54, 1.807) is 24.3 Å². The number of benzene rings is 3. The van der Waals surface area contributed by atoms with Crippen molar-refractivity contribution in [2.24, 2.45) is 0 Å². The van der Waals surface area contributed by atoms with E-state index >= 15 is 0 Å². The molecule has 1 amide bonds. The first kappa shape index (κ1) is 25.8. The van der Waals surface area contributed by atoms with Gasteiger partial charge in [0.05, 0.1) is 11.7 Å². The second-order valence-electron chi connectivity index (χ2n) is 9.36. The Hall–Kier alpha value is -3.88. The van der Waals surface area contributed by atoms with Gasteiger partial charge in [-0.15, -0.1) is 0 Å². The van der Waals surface area contributed by atoms with Crippen LogP contribution in [0.25, 0.3) is 5.69 Å². The second-order valence-corrected chi connectivity index (χ2v) is 9.80. The Bertz CT molecular complexity index is 1430. The molecule has 3 aromatic carbocycles. The van der Waals surface area contributed by atoms with Crippen LogP contribution in [0.3, 0.4) is 0 Å². The largest absolute Gasteiger partial charge is 0.386 e. The average molecular weight is 532 g/mol. The van der Waals surface area contributed by atoms with Crippen molar-refractivity contribution in [3.8, 4) is 5.69 Å². The lowest BCUT2D eigenvalue weighted by molar-refractivity contribution is 0.0746. The molecule has 8 nitrogen and oxygen atoms in total. The van der Waals surface area contributed by atoms with E-state index in [0.29, 0.717) is 41.3 Å². The molecule has 1 aliphatic heterocycles. The zero-order valence-corrected chi connectivity index (χ0v) is 21.9. The summed E-state index contributed by atoms with van der Waals surface area (Å²) < 4.78 is 2.83. The van der Waals surface area contributed by atoms with Gasteiger partial charge in [0.1, 0.15) is 12.4 Å². The number of hydrogen-bond acceptors (Lipinski definition) is 5. The van der Waals surface area contributed by atoms with Crippen LogP contribution in [0.2, 0.25) is 5.02 Å². The molecule has 2 heterocycles. The Morgan fingerprint density at radius 1 is 0.921 bits per heavy atom. The van der Waals surface area contributed by atoms with Gasteiger partial charge in [-0.2, -0.15) is 5.10 Å². The molecule has 196 valence electrons. The third-order valence-corrected chi connectivity index (χ3v) is 7.33. The summed E-state index contributed by atoms with van der Waals surface area (Å²) in [5, 5.41) is 15.9. The summed E-state index contributed by atoms with van der Waals surface area (Å²) in [5.74, 6) is 0.0588. The van der Waals surface area contributed by atoms with Crippen LogP contribution in [-0.4, -0.2) is 56.4 Å². The van der Waals surface area contributed by atoms with Gasteiger partial charge < -0.3 is 14.9 Å². The molecule has 0 aliphatic carbocycles. The van der Waals surface area contributed by atoms with Crippen LogP contribution in [0.4, 0.5) is 5.69 Å². The molecule has 0 bridgehead atoms. The molecule has 1 N–H and O–H groups in total. The standard InChI is InChI=1S/C29H30ClN5O3/c1-2-26(27(36)21-8-10-23(30)11-9-21)35-29(38)34(20-31-35)25-14-12-24(13-15-25)32-16-18-33(19-17-32)28(37)22-6-4-3-5-7-22/h3-15,20,26-27,36H,2,16-19H2,1H3. The SMILES string of the molecule is CCC(C(O)c1ccc(Cl)cc1)n1ncn(-c2ccc(N3CCN(C(=O)c4ccccc4)CC3)cc2)c1=O. The first-order valence-corrected chi connectivity index (χ1v) is 13.1. The van der Waals surface area contributed by atoms with Gasteiger partial charge in [-0.3, -0.25) is 4.79 Å². The highest BCUT2D eigenvalue weighted by molar-refractivity contribution is 6.30. The summed E-state index contributed by atoms with van der Waals surface area (Å²) in [6.45, 7) is 4.68. The molecular formula is C29H30ClN5O3. The number of carbonyl (C=O) groups is 1. The highest BCUT2D eigenvalue weighted by atomic mass is 35.5. The van der Waals surface area contributed by atoms with E-state index < -0.39 is 12.1 Å². The van der Waals surface area contributed by atoms with Crippen LogP contribution in [0.15, 0.2) is 90.0 Å². The van der Waals surface area contributed by atoms with Crippen LogP contribution in [0.1, 0.15) is 41.4 Å². The third-order valence-electron chi connectivity index (χ3n) is 7.08. The summed E-state index contributed by atoms with van der Waals surface area (Å²) in [5.41, 5.74) is 2.80. The average Bonchev–Trinajstić information content (AvgIpc) is 3.34. The molecule has 1 saturated heterocycles. The van der Waals surface area contributed by atoms with Gasteiger partial charge in [0.15, 0.2) is 0 Å². The third kappa shape index (κ3) is 5.23. The maximum Gasteiger partial charge on any atom is 0.350 e. The van der Waals surface area contributed by atoms with Crippen LogP contribution in [-0.2, 0) is 0 Å². The number of rotatable bonds is 7. The van der Waals surface area contributed by atoms with Crippen molar-refractivity contribution >= 4 is 23.2 Å². The summed E-state index contributed by atoms with van der Waals surface area (Å²) in [6.07, 6.45) is 1.12. The molecule has 4 aromatic rings. The van der Waals surface area contributed by atoms with Gasteiger partial charge in [0, 0.05) is 42.5 Å². The quantitative estimate of drug-likeness (QED) is 0.384. The van der Waals surface area contributed by atoms with Gasteiger partial charge in [-0.05, 0) is 60.5 Å². The lowest BCUT2D eigenvalue weighted by Crippen LogP contribution is -2.48. The van der Waals surface area contributed by atoms with Crippen LogP contribution < -0.4 is 10.6 Å². The minimum absolute atomic E-state index is 0.0588. The van der Waals surface area contributed by atoms with Crippen molar-refractivity contribution in [2.45, 2.75) is 25.5 Å². The van der Waals surface area contributed by atoms with Crippen molar-refractivity contribution in [3.05, 3.63) is 112 Å². The number of aliphatic hydroxyl groups excluding tert-OH is 1. The van der Waals surface area contributed by atoms with Crippen molar-refractivity contribution in [1.29, 1.82) is 0 Å². The lowest BCUT2D eigenvalue weighted by atomic mass is 10.0. The number of aliphatic hydroxyl groups is 1. The molecule has 2 unspecified atom stereocenters. The maximum absolute atomic E-state index is 13.2.